The molecule has 0 bridgehead atoms. The zero-order chi connectivity index (χ0) is 29.2. The summed E-state index contributed by atoms with van der Waals surface area (Å²) in [6.07, 6.45) is 15.0. The molecule has 1 saturated carbocycles. The molecule has 0 unspecified atom stereocenters. The molecule has 1 aliphatic carbocycles. The number of nitrogens with zero attached hydrogens (tertiary/aromatic N) is 2. The first-order chi connectivity index (χ1) is 19.8. The van der Waals surface area contributed by atoms with E-state index in [4.69, 9.17) is 4.98 Å². The highest BCUT2D eigenvalue weighted by molar-refractivity contribution is 7.18. The van der Waals surface area contributed by atoms with Crippen LogP contribution >= 0.6 is 11.3 Å². The number of Topliss-reactive ketones (excluding diaryl/α,β-unsaturated/α-hetero) is 1. The number of nitrogens with one attached hydrogen (secondary N) is 1. The molecule has 1 N–H and O–H groups in total. The second kappa shape index (κ2) is 15.7. The van der Waals surface area contributed by atoms with E-state index in [0.29, 0.717) is 31.1 Å². The Morgan fingerprint density at radius 1 is 1.07 bits per heavy atom. The highest BCUT2D eigenvalue weighted by Gasteiger charge is 2.29. The molecule has 2 aromatic rings. The molecule has 224 valence electrons. The number of benzene rings is 1. The summed E-state index contributed by atoms with van der Waals surface area (Å²) in [6, 6.07) is 6.33. The standard InChI is InChI=1S/C34H49N3O3S/c1-24(2)27-14-16-31-32(22-27)41-33(35-31)23-28(21-25(3)38)34(40)36-30(26-11-6-4-7-12-26)17-15-29(39)13-10-20-37-18-8-5-9-19-37/h10,13-14,16,22,24,26,28,30H,4-9,11-12,15,17-21,23H2,1-3H3,(H,36,40)/b13-10+/t28-,30+/m0/s1. The Labute approximate surface area is 250 Å². The first kappa shape index (κ1) is 31.6. The number of ketones is 2. The van der Waals surface area contributed by atoms with E-state index in [2.05, 4.69) is 42.3 Å². The third kappa shape index (κ3) is 9.85. The van der Waals surface area contributed by atoms with Crippen LogP contribution in [0.15, 0.2) is 30.4 Å². The first-order valence-corrected chi connectivity index (χ1v) is 16.7. The van der Waals surface area contributed by atoms with Gasteiger partial charge in [0.25, 0.3) is 0 Å². The molecule has 2 fully saturated rings. The SMILES string of the molecule is CC(=O)C[C@@H](Cc1nc2ccc(C(C)C)cc2s1)C(=O)N[C@H](CCC(=O)/C=C/CN1CCCCC1)C1CCCCC1. The maximum atomic E-state index is 13.7. The molecule has 0 spiro atoms. The number of hydrogen-bond acceptors (Lipinski definition) is 6. The summed E-state index contributed by atoms with van der Waals surface area (Å²) in [5.41, 5.74) is 2.22. The van der Waals surface area contributed by atoms with Gasteiger partial charge in [0.2, 0.25) is 5.91 Å². The summed E-state index contributed by atoms with van der Waals surface area (Å²) in [5.74, 6) is 0.432. The molecule has 1 aliphatic heterocycles. The number of carbonyl (C=O) groups excluding carboxylic acids is 3. The lowest BCUT2D eigenvalue weighted by Gasteiger charge is -2.32. The van der Waals surface area contributed by atoms with Gasteiger partial charge in [0, 0.05) is 31.8 Å². The van der Waals surface area contributed by atoms with Crippen molar-refractivity contribution in [2.24, 2.45) is 11.8 Å². The number of allylic oxidation sites excluding steroid dienone is 1. The lowest BCUT2D eigenvalue weighted by atomic mass is 9.81. The molecule has 1 aromatic carbocycles. The molecule has 0 radical (unpaired) electrons. The fourth-order valence-electron chi connectivity index (χ4n) is 6.37. The fourth-order valence-corrected chi connectivity index (χ4v) is 7.47. The Morgan fingerprint density at radius 2 is 1.80 bits per heavy atom. The number of rotatable bonds is 14. The molecule has 4 rings (SSSR count). The van der Waals surface area contributed by atoms with E-state index in [9.17, 15) is 14.4 Å². The molecule has 7 heteroatoms. The van der Waals surface area contributed by atoms with Crippen LogP contribution in [0.1, 0.15) is 108 Å². The largest absolute Gasteiger partial charge is 0.353 e. The molecule has 6 nitrogen and oxygen atoms in total. The van der Waals surface area contributed by atoms with E-state index < -0.39 is 5.92 Å². The Kier molecular flexibility index (Phi) is 12.1. The van der Waals surface area contributed by atoms with Crippen LogP contribution in [0.5, 0.6) is 0 Å². The van der Waals surface area contributed by atoms with Crippen LogP contribution in [0.25, 0.3) is 10.2 Å². The molecule has 1 saturated heterocycles. The summed E-state index contributed by atoms with van der Waals surface area (Å²) in [4.78, 5) is 45.9. The molecular formula is C34H49N3O3S. The van der Waals surface area contributed by atoms with Gasteiger partial charge in [-0.05, 0) is 87.7 Å². The van der Waals surface area contributed by atoms with Gasteiger partial charge in [-0.2, -0.15) is 0 Å². The van der Waals surface area contributed by atoms with E-state index in [1.165, 1.54) is 44.1 Å². The van der Waals surface area contributed by atoms with Crippen LogP contribution in [-0.2, 0) is 20.8 Å². The number of thiazole rings is 1. The molecule has 2 heterocycles. The summed E-state index contributed by atoms with van der Waals surface area (Å²) >= 11 is 1.62. The average molecular weight is 580 g/mol. The van der Waals surface area contributed by atoms with Crippen molar-refractivity contribution in [3.05, 3.63) is 40.9 Å². The van der Waals surface area contributed by atoms with Gasteiger partial charge in [-0.3, -0.25) is 14.5 Å². The molecular weight excluding hydrogens is 530 g/mol. The van der Waals surface area contributed by atoms with Gasteiger partial charge in [-0.15, -0.1) is 11.3 Å². The highest BCUT2D eigenvalue weighted by atomic mass is 32.1. The van der Waals surface area contributed by atoms with Crippen LogP contribution in [0, 0.1) is 11.8 Å². The average Bonchev–Trinajstić information content (AvgIpc) is 3.37. The van der Waals surface area contributed by atoms with Crippen LogP contribution in [0.3, 0.4) is 0 Å². The van der Waals surface area contributed by atoms with Gasteiger partial charge >= 0.3 is 0 Å². The monoisotopic (exact) mass is 579 g/mol. The van der Waals surface area contributed by atoms with Gasteiger partial charge in [-0.1, -0.05) is 51.7 Å². The smallest absolute Gasteiger partial charge is 0.224 e. The predicted molar refractivity (Wildman–Crippen MR) is 168 cm³/mol. The molecule has 1 amide bonds. The van der Waals surface area contributed by atoms with E-state index in [-0.39, 0.29) is 29.9 Å². The van der Waals surface area contributed by atoms with Crippen molar-refractivity contribution < 1.29 is 14.4 Å². The topological polar surface area (TPSA) is 79.4 Å². The van der Waals surface area contributed by atoms with Crippen LogP contribution in [0.2, 0.25) is 0 Å². The third-order valence-corrected chi connectivity index (χ3v) is 9.85. The van der Waals surface area contributed by atoms with E-state index in [0.717, 1.165) is 47.7 Å². The number of hydrogen-bond donors (Lipinski definition) is 1. The highest BCUT2D eigenvalue weighted by Crippen LogP contribution is 2.31. The predicted octanol–water partition coefficient (Wildman–Crippen LogP) is 7.01. The number of amides is 1. The minimum absolute atomic E-state index is 0.0107. The normalized spacial score (nSPS) is 18.6. The van der Waals surface area contributed by atoms with Gasteiger partial charge in [0.1, 0.15) is 5.78 Å². The second-order valence-corrected chi connectivity index (χ2v) is 13.7. The number of fused-ring (bicyclic) bond motifs is 1. The quantitative estimate of drug-likeness (QED) is 0.244. The second-order valence-electron chi connectivity index (χ2n) is 12.6. The van der Waals surface area contributed by atoms with Crippen molar-refractivity contribution >= 4 is 39.0 Å². The van der Waals surface area contributed by atoms with Crippen molar-refractivity contribution in [2.45, 2.75) is 110 Å². The third-order valence-electron chi connectivity index (χ3n) is 8.81. The van der Waals surface area contributed by atoms with Crippen molar-refractivity contribution in [3.8, 4) is 0 Å². The van der Waals surface area contributed by atoms with Crippen molar-refractivity contribution in [3.63, 3.8) is 0 Å². The molecule has 1 aromatic heterocycles. The summed E-state index contributed by atoms with van der Waals surface area (Å²) in [7, 11) is 0. The first-order valence-electron chi connectivity index (χ1n) is 15.9. The van der Waals surface area contributed by atoms with E-state index in [1.807, 2.05) is 6.08 Å². The fraction of sp³-hybridized carbons (Fsp3) is 0.647. The van der Waals surface area contributed by atoms with E-state index in [1.54, 1.807) is 24.3 Å². The van der Waals surface area contributed by atoms with Gasteiger partial charge in [0.05, 0.1) is 21.1 Å². The van der Waals surface area contributed by atoms with Crippen LogP contribution in [0.4, 0.5) is 0 Å². The molecule has 2 atom stereocenters. The Morgan fingerprint density at radius 3 is 2.51 bits per heavy atom. The van der Waals surface area contributed by atoms with E-state index >= 15 is 0 Å². The Balaban J connectivity index is 1.40. The minimum atomic E-state index is -0.455. The maximum absolute atomic E-state index is 13.7. The number of likely N-dealkylation sites (tertiary alicyclic amines) is 1. The van der Waals surface area contributed by atoms with Gasteiger partial charge in [0.15, 0.2) is 5.78 Å². The maximum Gasteiger partial charge on any atom is 0.224 e. The minimum Gasteiger partial charge on any atom is -0.353 e. The zero-order valence-corrected chi connectivity index (χ0v) is 26.1. The summed E-state index contributed by atoms with van der Waals surface area (Å²) in [5, 5.41) is 4.23. The van der Waals surface area contributed by atoms with Crippen molar-refractivity contribution in [1.29, 1.82) is 0 Å². The molecule has 2 aliphatic rings. The lowest BCUT2D eigenvalue weighted by Crippen LogP contribution is -2.44. The Bertz CT molecular complexity index is 1190. The van der Waals surface area contributed by atoms with Gasteiger partial charge in [-0.25, -0.2) is 4.98 Å². The molecule has 41 heavy (non-hydrogen) atoms. The lowest BCUT2D eigenvalue weighted by molar-refractivity contribution is -0.130. The Hall–Kier alpha value is -2.38. The number of piperidine rings is 1. The summed E-state index contributed by atoms with van der Waals surface area (Å²) < 4.78 is 1.13. The number of carbonyl (C=O) groups is 3. The van der Waals surface area contributed by atoms with Crippen LogP contribution in [-0.4, -0.2) is 53.0 Å². The van der Waals surface area contributed by atoms with Gasteiger partial charge < -0.3 is 10.1 Å². The van der Waals surface area contributed by atoms with Crippen LogP contribution < -0.4 is 5.32 Å². The van der Waals surface area contributed by atoms with Crippen molar-refractivity contribution in [2.75, 3.05) is 19.6 Å². The number of aromatic nitrogens is 1. The van der Waals surface area contributed by atoms with Crippen molar-refractivity contribution in [1.82, 2.24) is 15.2 Å². The zero-order valence-electron chi connectivity index (χ0n) is 25.3. The summed E-state index contributed by atoms with van der Waals surface area (Å²) in [6.45, 7) is 8.99.